The van der Waals surface area contributed by atoms with E-state index in [1.807, 2.05) is 19.3 Å². The highest BCUT2D eigenvalue weighted by atomic mass is 16.1. The molecule has 2 rings (SSSR count). The highest BCUT2D eigenvalue weighted by molar-refractivity contribution is 5.85. The van der Waals surface area contributed by atoms with Gasteiger partial charge in [-0.1, -0.05) is 0 Å². The van der Waals surface area contributed by atoms with Gasteiger partial charge in [0.2, 0.25) is 0 Å². The maximum atomic E-state index is 11.4. The number of nitrogens with zero attached hydrogens (tertiary/aromatic N) is 2. The van der Waals surface area contributed by atoms with Gasteiger partial charge in [-0.2, -0.15) is 0 Å². The summed E-state index contributed by atoms with van der Waals surface area (Å²) in [7, 11) is 1.98. The number of likely N-dealkylation sites (N-methyl/N-ethyl adjacent to an activating group) is 1. The second-order valence-corrected chi connectivity index (χ2v) is 3.78. The maximum Gasteiger partial charge on any atom is 0.152 e. The molecule has 1 atom stereocenters. The third-order valence-electron chi connectivity index (χ3n) is 2.88. The van der Waals surface area contributed by atoms with Crippen LogP contribution in [0.4, 0.5) is 5.69 Å². The Labute approximate surface area is 83.8 Å². The van der Waals surface area contributed by atoms with Crippen LogP contribution in [-0.4, -0.2) is 23.9 Å². The van der Waals surface area contributed by atoms with Crippen LogP contribution in [0.3, 0.4) is 0 Å². The fourth-order valence-corrected chi connectivity index (χ4v) is 2.09. The molecule has 14 heavy (non-hydrogen) atoms. The van der Waals surface area contributed by atoms with Crippen molar-refractivity contribution in [1.29, 1.82) is 0 Å². The number of rotatable bonds is 1. The number of fused-ring (bicyclic) bond motifs is 1. The number of anilines is 1. The van der Waals surface area contributed by atoms with Gasteiger partial charge in [0.05, 0.1) is 6.04 Å². The van der Waals surface area contributed by atoms with Crippen LogP contribution >= 0.6 is 0 Å². The molecule has 74 valence electrons. The van der Waals surface area contributed by atoms with Crippen molar-refractivity contribution >= 4 is 11.5 Å². The van der Waals surface area contributed by atoms with E-state index in [9.17, 15) is 4.79 Å². The molecule has 0 radical (unpaired) electrons. The summed E-state index contributed by atoms with van der Waals surface area (Å²) in [6.45, 7) is 1.66. The first-order chi connectivity index (χ1) is 6.70. The Morgan fingerprint density at radius 2 is 2.43 bits per heavy atom. The first-order valence-corrected chi connectivity index (χ1v) is 4.86. The van der Waals surface area contributed by atoms with E-state index in [0.717, 1.165) is 18.5 Å². The number of aryl methyl sites for hydroxylation is 1. The van der Waals surface area contributed by atoms with Gasteiger partial charge in [-0.05, 0) is 31.4 Å². The van der Waals surface area contributed by atoms with Crippen molar-refractivity contribution in [3.8, 4) is 0 Å². The fourth-order valence-electron chi connectivity index (χ4n) is 2.09. The summed E-state index contributed by atoms with van der Waals surface area (Å²) in [5.74, 6) is 0.245. The summed E-state index contributed by atoms with van der Waals surface area (Å²) in [6.07, 6.45) is 5.53. The third kappa shape index (κ3) is 1.39. The van der Waals surface area contributed by atoms with Gasteiger partial charge in [0.15, 0.2) is 5.78 Å². The number of aromatic nitrogens is 1. The van der Waals surface area contributed by atoms with Gasteiger partial charge in [0.1, 0.15) is 0 Å². The zero-order chi connectivity index (χ0) is 10.1. The van der Waals surface area contributed by atoms with Gasteiger partial charge < -0.3 is 4.90 Å². The lowest BCUT2D eigenvalue weighted by Gasteiger charge is -2.34. The van der Waals surface area contributed by atoms with E-state index < -0.39 is 0 Å². The summed E-state index contributed by atoms with van der Waals surface area (Å²) in [5, 5.41) is 0. The zero-order valence-electron chi connectivity index (χ0n) is 8.53. The molecule has 1 aliphatic heterocycles. The monoisotopic (exact) mass is 190 g/mol. The van der Waals surface area contributed by atoms with Crippen molar-refractivity contribution in [2.24, 2.45) is 0 Å². The lowest BCUT2D eigenvalue weighted by atomic mass is 9.96. The van der Waals surface area contributed by atoms with E-state index in [2.05, 4.69) is 9.88 Å². The summed E-state index contributed by atoms with van der Waals surface area (Å²) in [5.41, 5.74) is 2.39. The van der Waals surface area contributed by atoms with E-state index in [0.29, 0.717) is 0 Å². The van der Waals surface area contributed by atoms with E-state index in [1.54, 1.807) is 13.1 Å². The van der Waals surface area contributed by atoms with E-state index in [1.165, 1.54) is 5.56 Å². The number of ketones is 1. The van der Waals surface area contributed by atoms with Crippen LogP contribution in [0.2, 0.25) is 0 Å². The molecule has 1 unspecified atom stereocenters. The second kappa shape index (κ2) is 3.40. The minimum absolute atomic E-state index is 0.0462. The fraction of sp³-hybridized carbons (Fsp3) is 0.455. The first kappa shape index (κ1) is 9.19. The summed E-state index contributed by atoms with van der Waals surface area (Å²) < 4.78 is 0. The Kier molecular flexibility index (Phi) is 2.23. The normalized spacial score (nSPS) is 20.4. The molecule has 0 N–H and O–H groups in total. The van der Waals surface area contributed by atoms with Crippen molar-refractivity contribution in [3.63, 3.8) is 0 Å². The van der Waals surface area contributed by atoms with Gasteiger partial charge in [-0.25, -0.2) is 0 Å². The molecule has 1 aliphatic rings. The van der Waals surface area contributed by atoms with Crippen LogP contribution in [-0.2, 0) is 11.2 Å². The van der Waals surface area contributed by atoms with Gasteiger partial charge >= 0.3 is 0 Å². The number of carbonyl (C=O) groups excluding carboxylic acids is 1. The first-order valence-electron chi connectivity index (χ1n) is 4.86. The lowest BCUT2D eigenvalue weighted by molar-refractivity contribution is -0.118. The smallest absolute Gasteiger partial charge is 0.152 e. The van der Waals surface area contributed by atoms with E-state index in [4.69, 9.17) is 0 Å². The Bertz CT molecular complexity index is 362. The quantitative estimate of drug-likeness (QED) is 0.671. The molecular weight excluding hydrogens is 176 g/mol. The van der Waals surface area contributed by atoms with E-state index >= 15 is 0 Å². The van der Waals surface area contributed by atoms with Crippen molar-refractivity contribution in [2.45, 2.75) is 25.8 Å². The van der Waals surface area contributed by atoms with Crippen molar-refractivity contribution in [3.05, 3.63) is 24.0 Å². The Morgan fingerprint density at radius 3 is 3.14 bits per heavy atom. The topological polar surface area (TPSA) is 33.2 Å². The van der Waals surface area contributed by atoms with Crippen LogP contribution < -0.4 is 4.90 Å². The van der Waals surface area contributed by atoms with Crippen LogP contribution in [0, 0.1) is 0 Å². The maximum absolute atomic E-state index is 11.4. The lowest BCUT2D eigenvalue weighted by Crippen LogP contribution is -2.40. The van der Waals surface area contributed by atoms with Crippen LogP contribution in [0.5, 0.6) is 0 Å². The molecular formula is C11H14N2O. The van der Waals surface area contributed by atoms with Crippen LogP contribution in [0.15, 0.2) is 18.5 Å². The number of pyridine rings is 1. The van der Waals surface area contributed by atoms with E-state index in [-0.39, 0.29) is 11.8 Å². The number of hydrogen-bond donors (Lipinski definition) is 0. The van der Waals surface area contributed by atoms with Gasteiger partial charge in [-0.15, -0.1) is 0 Å². The minimum Gasteiger partial charge on any atom is -0.364 e. The molecule has 0 bridgehead atoms. The molecule has 0 aliphatic carbocycles. The minimum atomic E-state index is 0.0462. The highest BCUT2D eigenvalue weighted by Crippen LogP contribution is 2.28. The average Bonchev–Trinajstić information content (AvgIpc) is 2.18. The van der Waals surface area contributed by atoms with Crippen molar-refractivity contribution in [2.75, 3.05) is 11.9 Å². The molecule has 0 aromatic carbocycles. The molecule has 2 heterocycles. The largest absolute Gasteiger partial charge is 0.364 e. The number of carbonyl (C=O) groups is 1. The molecule has 1 aromatic heterocycles. The summed E-state index contributed by atoms with van der Waals surface area (Å²) in [4.78, 5) is 17.5. The number of Topliss-reactive ketones (excluding diaryl/α,β-unsaturated/α-hetero) is 1. The van der Waals surface area contributed by atoms with Gasteiger partial charge in [0, 0.05) is 25.1 Å². The standard InChI is InChI=1S/C11H14N2O/c1-8(14)10-4-3-9-7-12-6-5-11(9)13(10)2/h5-7,10H,3-4H2,1-2H3. The zero-order valence-corrected chi connectivity index (χ0v) is 8.53. The van der Waals surface area contributed by atoms with Crippen LogP contribution in [0.1, 0.15) is 18.9 Å². The molecule has 3 nitrogen and oxygen atoms in total. The highest BCUT2D eigenvalue weighted by Gasteiger charge is 2.26. The predicted molar refractivity (Wildman–Crippen MR) is 55.4 cm³/mol. The summed E-state index contributed by atoms with van der Waals surface area (Å²) in [6, 6.07) is 2.02. The molecule has 0 fully saturated rings. The van der Waals surface area contributed by atoms with Crippen molar-refractivity contribution < 1.29 is 4.79 Å². The molecule has 0 saturated carbocycles. The van der Waals surface area contributed by atoms with Gasteiger partial charge in [0.25, 0.3) is 0 Å². The Balaban J connectivity index is 2.36. The average molecular weight is 190 g/mol. The molecule has 3 heteroatoms. The van der Waals surface area contributed by atoms with Crippen molar-refractivity contribution in [1.82, 2.24) is 4.98 Å². The Morgan fingerprint density at radius 1 is 1.64 bits per heavy atom. The van der Waals surface area contributed by atoms with Crippen LogP contribution in [0.25, 0.3) is 0 Å². The number of hydrogen-bond acceptors (Lipinski definition) is 3. The molecule has 0 spiro atoms. The third-order valence-corrected chi connectivity index (χ3v) is 2.88. The Hall–Kier alpha value is -1.38. The summed E-state index contributed by atoms with van der Waals surface area (Å²) >= 11 is 0. The second-order valence-electron chi connectivity index (χ2n) is 3.78. The van der Waals surface area contributed by atoms with Gasteiger partial charge in [-0.3, -0.25) is 9.78 Å². The molecule has 0 saturated heterocycles. The molecule has 1 aromatic rings. The molecule has 0 amide bonds. The predicted octanol–water partition coefficient (Wildman–Crippen LogP) is 1.42. The SMILES string of the molecule is CC(=O)C1CCc2cnccc2N1C.